The van der Waals surface area contributed by atoms with Gasteiger partial charge in [-0.1, -0.05) is 99.1 Å². The van der Waals surface area contributed by atoms with E-state index < -0.39 is 32.3 Å². The van der Waals surface area contributed by atoms with E-state index in [2.05, 4.69) is 11.9 Å². The first-order valence-corrected chi connectivity index (χ1v) is 18.4. The average molecular weight is 613 g/mol. The largest absolute Gasteiger partial charge is 0.394 e. The van der Waals surface area contributed by atoms with Gasteiger partial charge < -0.3 is 31.1 Å². The minimum atomic E-state index is -3.94. The molecule has 1 rings (SSSR count). The van der Waals surface area contributed by atoms with Gasteiger partial charge in [-0.3, -0.25) is 9.13 Å². The Morgan fingerprint density at radius 1 is 0.974 bits per heavy atom. The Morgan fingerprint density at radius 2 is 1.51 bits per heavy atom. The number of anilines is 1. The van der Waals surface area contributed by atoms with Crippen LogP contribution in [0.15, 0.2) is 17.1 Å². The molecule has 1 heterocycles. The first-order chi connectivity index (χ1) is 18.4. The molecule has 0 aliphatic rings. The van der Waals surface area contributed by atoms with Crippen LogP contribution in [0.1, 0.15) is 96.8 Å². The predicted molar refractivity (Wildman–Crippen MR) is 166 cm³/mol. The minimum absolute atomic E-state index is 0. The van der Waals surface area contributed by atoms with Gasteiger partial charge >= 0.3 is 13.3 Å². The van der Waals surface area contributed by atoms with Gasteiger partial charge in [0.2, 0.25) is 0 Å². The third-order valence-corrected chi connectivity index (χ3v) is 9.69. The lowest BCUT2D eigenvalue weighted by molar-refractivity contribution is 0.0167. The molecule has 0 amide bonds. The van der Waals surface area contributed by atoms with Crippen LogP contribution < -0.4 is 17.6 Å². The van der Waals surface area contributed by atoms with Crippen LogP contribution in [0.3, 0.4) is 0 Å². The number of hydrogen-bond acceptors (Lipinski definition) is 10. The van der Waals surface area contributed by atoms with Crippen molar-refractivity contribution in [1.29, 1.82) is 0 Å². The summed E-state index contributed by atoms with van der Waals surface area (Å²) in [5.41, 5.74) is 4.87. The molecule has 0 aliphatic heterocycles. The van der Waals surface area contributed by atoms with E-state index in [9.17, 15) is 19.4 Å². The molecule has 1 aromatic rings. The van der Waals surface area contributed by atoms with E-state index in [1.165, 1.54) is 86.8 Å². The third kappa shape index (κ3) is 21.8. The number of aromatic nitrogens is 2. The molecular formula is C26H53N4O6PS2. The lowest BCUT2D eigenvalue weighted by Crippen LogP contribution is -2.32. The maximum absolute atomic E-state index is 12.2. The van der Waals surface area contributed by atoms with E-state index in [-0.39, 0.29) is 25.1 Å². The predicted octanol–water partition coefficient (Wildman–Crippen LogP) is 6.39. The number of hydrogen-bond donors (Lipinski definition) is 4. The van der Waals surface area contributed by atoms with Crippen LogP contribution in [0.4, 0.5) is 5.82 Å². The van der Waals surface area contributed by atoms with Gasteiger partial charge in [-0.2, -0.15) is 4.98 Å². The highest BCUT2D eigenvalue weighted by Crippen LogP contribution is 2.42. The third-order valence-electron chi connectivity index (χ3n) is 6.05. The molecule has 7 N–H and O–H groups in total. The highest BCUT2D eigenvalue weighted by molar-refractivity contribution is 8.76. The van der Waals surface area contributed by atoms with Crippen LogP contribution in [-0.4, -0.2) is 56.7 Å². The van der Waals surface area contributed by atoms with Crippen LogP contribution in [0.5, 0.6) is 0 Å². The molecular weight excluding hydrogens is 559 g/mol. The van der Waals surface area contributed by atoms with Gasteiger partial charge in [0, 0.05) is 17.7 Å². The molecule has 0 radical (unpaired) electrons. The Bertz CT molecular complexity index is 821. The Kier molecular flexibility index (Phi) is 24.8. The Labute approximate surface area is 243 Å². The SMILES string of the molecule is CCCCCCCCCCCCSSCCCCCCOP(=O)(O)CO[C@H](CO)Cn1ccc(N)nc1=O.N. The monoisotopic (exact) mass is 612 g/mol. The summed E-state index contributed by atoms with van der Waals surface area (Å²) in [5.74, 6) is 2.46. The fourth-order valence-corrected chi connectivity index (χ4v) is 6.97. The number of nitrogens with zero attached hydrogens (tertiary/aromatic N) is 2. The number of aliphatic hydroxyl groups is 1. The number of nitrogen functional groups attached to an aromatic ring is 1. The van der Waals surface area contributed by atoms with E-state index in [4.69, 9.17) is 15.0 Å². The van der Waals surface area contributed by atoms with Crippen LogP contribution in [0.25, 0.3) is 0 Å². The first-order valence-electron chi connectivity index (χ1n) is 14.1. The van der Waals surface area contributed by atoms with E-state index in [0.717, 1.165) is 25.0 Å². The van der Waals surface area contributed by atoms with Crippen molar-refractivity contribution in [3.05, 3.63) is 22.7 Å². The Morgan fingerprint density at radius 3 is 2.05 bits per heavy atom. The molecule has 0 aromatic carbocycles. The summed E-state index contributed by atoms with van der Waals surface area (Å²) in [6.07, 6.45) is 17.6. The molecule has 230 valence electrons. The van der Waals surface area contributed by atoms with Crippen LogP contribution >= 0.6 is 29.2 Å². The summed E-state index contributed by atoms with van der Waals surface area (Å²) in [4.78, 5) is 25.4. The van der Waals surface area contributed by atoms with Gasteiger partial charge in [-0.05, 0) is 25.3 Å². The van der Waals surface area contributed by atoms with Gasteiger partial charge in [-0.15, -0.1) is 0 Å². The average Bonchev–Trinajstić information content (AvgIpc) is 2.89. The van der Waals surface area contributed by atoms with Crippen molar-refractivity contribution in [2.75, 3.05) is 36.8 Å². The lowest BCUT2D eigenvalue weighted by Gasteiger charge is -2.19. The lowest BCUT2D eigenvalue weighted by atomic mass is 10.1. The number of unbranched alkanes of at least 4 members (excludes halogenated alkanes) is 12. The molecule has 1 unspecified atom stereocenters. The molecule has 0 fully saturated rings. The fraction of sp³-hybridized carbons (Fsp3) is 0.846. The Hall–Kier alpha value is -0.590. The smallest absolute Gasteiger partial charge is 0.353 e. The number of aliphatic hydroxyl groups excluding tert-OH is 1. The van der Waals surface area contributed by atoms with E-state index >= 15 is 0 Å². The summed E-state index contributed by atoms with van der Waals surface area (Å²) in [6.45, 7) is 2.01. The van der Waals surface area contributed by atoms with Crippen LogP contribution in [-0.2, 0) is 20.4 Å². The maximum atomic E-state index is 12.2. The van der Waals surface area contributed by atoms with Crippen LogP contribution in [0.2, 0.25) is 0 Å². The molecule has 1 aromatic heterocycles. The van der Waals surface area contributed by atoms with Crippen molar-refractivity contribution < 1.29 is 23.8 Å². The van der Waals surface area contributed by atoms with Crippen LogP contribution in [0, 0.1) is 0 Å². The number of ether oxygens (including phenoxy) is 1. The number of rotatable bonds is 26. The summed E-state index contributed by atoms with van der Waals surface area (Å²) in [5, 5.41) is 9.47. The summed E-state index contributed by atoms with van der Waals surface area (Å²) in [6, 6.07) is 1.45. The van der Waals surface area contributed by atoms with E-state index in [1.807, 2.05) is 21.6 Å². The highest BCUT2D eigenvalue weighted by Gasteiger charge is 2.22. The second kappa shape index (κ2) is 25.1. The molecule has 0 aliphatic carbocycles. The zero-order chi connectivity index (χ0) is 27.9. The van der Waals surface area contributed by atoms with Crippen molar-refractivity contribution in [2.45, 2.75) is 109 Å². The maximum Gasteiger partial charge on any atom is 0.353 e. The zero-order valence-electron chi connectivity index (χ0n) is 23.8. The van der Waals surface area contributed by atoms with Gasteiger partial charge in [0.25, 0.3) is 0 Å². The van der Waals surface area contributed by atoms with Gasteiger partial charge in [0.05, 0.1) is 25.9 Å². The summed E-state index contributed by atoms with van der Waals surface area (Å²) in [7, 11) is -0.0177. The number of nitrogens with two attached hydrogens (primary N) is 1. The quantitative estimate of drug-likeness (QED) is 0.0519. The first kappa shape index (κ1) is 38.4. The van der Waals surface area contributed by atoms with E-state index in [1.54, 1.807) is 0 Å². The molecule has 10 nitrogen and oxygen atoms in total. The second-order valence-electron chi connectivity index (χ2n) is 9.60. The fourth-order valence-electron chi connectivity index (χ4n) is 3.79. The molecule has 0 saturated heterocycles. The Balaban J connectivity index is 0.0000144. The molecule has 0 spiro atoms. The van der Waals surface area contributed by atoms with Gasteiger partial charge in [0.15, 0.2) is 0 Å². The molecule has 0 bridgehead atoms. The normalized spacial score (nSPS) is 13.6. The molecule has 2 atom stereocenters. The topological polar surface area (TPSA) is 172 Å². The van der Waals surface area contributed by atoms with Crippen molar-refractivity contribution >= 4 is 35.0 Å². The highest BCUT2D eigenvalue weighted by atomic mass is 33.1. The molecule has 13 heteroatoms. The second-order valence-corrected chi connectivity index (χ2v) is 14.1. The van der Waals surface area contributed by atoms with Crippen molar-refractivity contribution in [3.8, 4) is 0 Å². The summed E-state index contributed by atoms with van der Waals surface area (Å²) < 4.78 is 23.9. The van der Waals surface area contributed by atoms with Crippen molar-refractivity contribution in [2.24, 2.45) is 0 Å². The van der Waals surface area contributed by atoms with Gasteiger partial charge in [-0.25, -0.2) is 4.79 Å². The van der Waals surface area contributed by atoms with E-state index in [0.29, 0.717) is 6.42 Å². The minimum Gasteiger partial charge on any atom is -0.394 e. The zero-order valence-corrected chi connectivity index (χ0v) is 26.4. The molecule has 0 saturated carbocycles. The van der Waals surface area contributed by atoms with Gasteiger partial charge in [0.1, 0.15) is 12.2 Å². The standard InChI is InChI=1S/C26H50N3O6PS2.H3N/c1-2-3-4-5-6-7-8-9-11-14-19-37-38-20-15-12-10-13-18-35-36(32,33)23-34-24(22-30)21-29-17-16-25(27)28-26(29)31;/h16-17,24,30H,2-15,18-23H2,1H3,(H,32,33)(H2,27,28,31);1H3/t24-;/m0./s1. The summed E-state index contributed by atoms with van der Waals surface area (Å²) >= 11 is 0. The van der Waals surface area contributed by atoms with Crippen molar-refractivity contribution in [1.82, 2.24) is 15.7 Å². The van der Waals surface area contributed by atoms with Crippen molar-refractivity contribution in [3.63, 3.8) is 0 Å². The molecule has 39 heavy (non-hydrogen) atoms.